The molecule has 5 aromatic rings. The standard InChI is InChI=1S/C33H31F3N6O5/c1-32(2,3)27-18-29(42(41-27)20-9-11-21(12-10-20)47-33(34,35)36)40-31(44)38-25-13-14-26(24-8-6-5-7-23(24)25)46-22-15-16-37-28(17-22)39-30(43)19-45-4/h5-18H,19H2,1-4H3,(H,37,39,43)(H2,38,40,44). The average molecular weight is 649 g/mol. The SMILES string of the molecule is COCC(=O)Nc1cc(Oc2ccc(NC(=O)Nc3cc(C(C)(C)C)nn3-c3ccc(OC(F)(F)F)cc3)c3ccccc23)ccn1. The van der Waals surface area contributed by atoms with Crippen molar-refractivity contribution >= 4 is 40.0 Å². The fourth-order valence-electron chi connectivity index (χ4n) is 4.54. The Labute approximate surface area is 267 Å². The molecule has 0 saturated carbocycles. The van der Waals surface area contributed by atoms with Gasteiger partial charge in [0.15, 0.2) is 0 Å². The molecule has 2 heterocycles. The molecule has 0 saturated heterocycles. The van der Waals surface area contributed by atoms with Crippen LogP contribution in [0, 0.1) is 0 Å². The number of benzene rings is 3. The van der Waals surface area contributed by atoms with Crippen molar-refractivity contribution in [1.29, 1.82) is 0 Å². The largest absolute Gasteiger partial charge is 0.573 e. The third-order valence-corrected chi connectivity index (χ3v) is 6.67. The first-order valence-corrected chi connectivity index (χ1v) is 14.3. The smallest absolute Gasteiger partial charge is 0.457 e. The molecule has 47 heavy (non-hydrogen) atoms. The Morgan fingerprint density at radius 3 is 2.26 bits per heavy atom. The van der Waals surface area contributed by atoms with Gasteiger partial charge in [0.2, 0.25) is 0 Å². The summed E-state index contributed by atoms with van der Waals surface area (Å²) >= 11 is 0. The van der Waals surface area contributed by atoms with Gasteiger partial charge in [0.05, 0.1) is 17.1 Å². The average Bonchev–Trinajstić information content (AvgIpc) is 3.42. The van der Waals surface area contributed by atoms with Crippen molar-refractivity contribution < 1.29 is 37.0 Å². The van der Waals surface area contributed by atoms with E-state index in [-0.39, 0.29) is 18.3 Å². The lowest BCUT2D eigenvalue weighted by Gasteiger charge is -2.15. The van der Waals surface area contributed by atoms with Crippen LogP contribution in [0.2, 0.25) is 0 Å². The number of aromatic nitrogens is 3. The van der Waals surface area contributed by atoms with E-state index < -0.39 is 17.8 Å². The number of ether oxygens (including phenoxy) is 3. The maximum Gasteiger partial charge on any atom is 0.573 e. The zero-order valence-electron chi connectivity index (χ0n) is 25.8. The highest BCUT2D eigenvalue weighted by Gasteiger charge is 2.31. The van der Waals surface area contributed by atoms with Crippen LogP contribution < -0.4 is 25.4 Å². The van der Waals surface area contributed by atoms with Gasteiger partial charge in [-0.2, -0.15) is 5.10 Å². The van der Waals surface area contributed by atoms with Crippen LogP contribution in [-0.2, 0) is 14.9 Å². The van der Waals surface area contributed by atoms with Gasteiger partial charge in [0, 0.05) is 41.6 Å². The second-order valence-corrected chi connectivity index (χ2v) is 11.3. The molecule has 14 heteroatoms. The van der Waals surface area contributed by atoms with E-state index in [0.717, 1.165) is 0 Å². The van der Waals surface area contributed by atoms with Crippen LogP contribution in [0.5, 0.6) is 17.2 Å². The van der Waals surface area contributed by atoms with Gasteiger partial charge in [0.1, 0.15) is 35.5 Å². The molecule has 0 spiro atoms. The third kappa shape index (κ3) is 8.35. The van der Waals surface area contributed by atoms with Crippen LogP contribution in [-0.4, -0.2) is 46.8 Å². The molecule has 0 aliphatic heterocycles. The van der Waals surface area contributed by atoms with Crippen molar-refractivity contribution in [2.75, 3.05) is 29.7 Å². The quantitative estimate of drug-likeness (QED) is 0.150. The van der Waals surface area contributed by atoms with E-state index in [1.807, 2.05) is 45.0 Å². The molecule has 0 radical (unpaired) electrons. The first kappa shape index (κ1) is 32.8. The second-order valence-electron chi connectivity index (χ2n) is 11.3. The van der Waals surface area contributed by atoms with Crippen molar-refractivity contribution in [3.8, 4) is 22.9 Å². The van der Waals surface area contributed by atoms with Crippen LogP contribution in [0.4, 0.5) is 35.3 Å². The number of carbonyl (C=O) groups excluding carboxylic acids is 2. The van der Waals surface area contributed by atoms with E-state index in [2.05, 4.69) is 30.8 Å². The highest BCUT2D eigenvalue weighted by atomic mass is 19.4. The summed E-state index contributed by atoms with van der Waals surface area (Å²) in [5, 5.41) is 14.3. The highest BCUT2D eigenvalue weighted by molar-refractivity contribution is 6.07. The van der Waals surface area contributed by atoms with Crippen molar-refractivity contribution in [3.05, 3.63) is 90.8 Å². The minimum Gasteiger partial charge on any atom is -0.457 e. The van der Waals surface area contributed by atoms with E-state index >= 15 is 0 Å². The lowest BCUT2D eigenvalue weighted by molar-refractivity contribution is -0.274. The number of nitrogens with one attached hydrogen (secondary N) is 3. The molecular weight excluding hydrogens is 617 g/mol. The molecule has 5 rings (SSSR count). The van der Waals surface area contributed by atoms with Crippen LogP contribution in [0.25, 0.3) is 16.5 Å². The number of rotatable bonds is 9. The van der Waals surface area contributed by atoms with Gasteiger partial charge in [-0.3, -0.25) is 10.1 Å². The highest BCUT2D eigenvalue weighted by Crippen LogP contribution is 2.35. The van der Waals surface area contributed by atoms with Crippen LogP contribution >= 0.6 is 0 Å². The number of halogens is 3. The number of urea groups is 1. The van der Waals surface area contributed by atoms with Crippen LogP contribution in [0.3, 0.4) is 0 Å². The van der Waals surface area contributed by atoms with Crippen LogP contribution in [0.1, 0.15) is 26.5 Å². The number of nitrogens with zero attached hydrogens (tertiary/aromatic N) is 3. The number of amides is 3. The van der Waals surface area contributed by atoms with E-state index in [1.54, 1.807) is 30.3 Å². The summed E-state index contributed by atoms with van der Waals surface area (Å²) in [6.07, 6.45) is -3.32. The van der Waals surface area contributed by atoms with Gasteiger partial charge in [-0.25, -0.2) is 14.5 Å². The summed E-state index contributed by atoms with van der Waals surface area (Å²) < 4.78 is 54.4. The Morgan fingerprint density at radius 2 is 1.57 bits per heavy atom. The van der Waals surface area contributed by atoms with Crippen molar-refractivity contribution in [1.82, 2.24) is 14.8 Å². The molecular formula is C33H31F3N6O5. The topological polar surface area (TPSA) is 129 Å². The fraction of sp³-hybridized carbons (Fsp3) is 0.212. The predicted molar refractivity (Wildman–Crippen MR) is 170 cm³/mol. The van der Waals surface area contributed by atoms with Crippen LogP contribution in [0.15, 0.2) is 85.1 Å². The first-order valence-electron chi connectivity index (χ1n) is 14.3. The zero-order chi connectivity index (χ0) is 33.8. The predicted octanol–water partition coefficient (Wildman–Crippen LogP) is 7.64. The minimum absolute atomic E-state index is 0.118. The lowest BCUT2D eigenvalue weighted by atomic mass is 9.92. The summed E-state index contributed by atoms with van der Waals surface area (Å²) in [5.41, 5.74) is 1.15. The normalized spacial score (nSPS) is 11.6. The fourth-order valence-corrected chi connectivity index (χ4v) is 4.54. The van der Waals surface area contributed by atoms with Gasteiger partial charge in [-0.1, -0.05) is 45.0 Å². The van der Waals surface area contributed by atoms with Gasteiger partial charge >= 0.3 is 12.4 Å². The maximum absolute atomic E-state index is 13.3. The summed E-state index contributed by atoms with van der Waals surface area (Å²) in [6, 6.07) is 20.2. The number of anilines is 3. The number of pyridine rings is 1. The minimum atomic E-state index is -4.82. The molecule has 3 amide bonds. The van der Waals surface area contributed by atoms with Gasteiger partial charge in [0.25, 0.3) is 5.91 Å². The van der Waals surface area contributed by atoms with Gasteiger partial charge < -0.3 is 24.8 Å². The molecule has 0 aliphatic carbocycles. The Balaban J connectivity index is 1.37. The number of hydrogen-bond acceptors (Lipinski definition) is 7. The molecule has 244 valence electrons. The van der Waals surface area contributed by atoms with Gasteiger partial charge in [-0.15, -0.1) is 13.2 Å². The Bertz CT molecular complexity index is 1900. The lowest BCUT2D eigenvalue weighted by Crippen LogP contribution is -2.21. The third-order valence-electron chi connectivity index (χ3n) is 6.67. The molecule has 0 atom stereocenters. The summed E-state index contributed by atoms with van der Waals surface area (Å²) in [4.78, 5) is 29.4. The summed E-state index contributed by atoms with van der Waals surface area (Å²) in [6.45, 7) is 5.73. The molecule has 3 aromatic carbocycles. The maximum atomic E-state index is 13.3. The zero-order valence-corrected chi connectivity index (χ0v) is 25.8. The second kappa shape index (κ2) is 13.4. The Hall–Kier alpha value is -5.63. The molecule has 0 aliphatic rings. The molecule has 3 N–H and O–H groups in total. The van der Waals surface area contributed by atoms with E-state index in [4.69, 9.17) is 9.47 Å². The van der Waals surface area contributed by atoms with Crippen molar-refractivity contribution in [2.24, 2.45) is 0 Å². The Morgan fingerprint density at radius 1 is 0.851 bits per heavy atom. The molecule has 0 fully saturated rings. The van der Waals surface area contributed by atoms with E-state index in [0.29, 0.717) is 51.0 Å². The number of fused-ring (bicyclic) bond motifs is 1. The van der Waals surface area contributed by atoms with Crippen molar-refractivity contribution in [3.63, 3.8) is 0 Å². The monoisotopic (exact) mass is 648 g/mol. The van der Waals surface area contributed by atoms with E-state index in [1.165, 1.54) is 42.3 Å². The molecule has 0 bridgehead atoms. The molecule has 0 unspecified atom stereocenters. The van der Waals surface area contributed by atoms with E-state index in [9.17, 15) is 22.8 Å². The number of hydrogen-bond donors (Lipinski definition) is 3. The number of alkyl halides is 3. The summed E-state index contributed by atoms with van der Waals surface area (Å²) in [5.74, 6) is 0.780. The van der Waals surface area contributed by atoms with Crippen molar-refractivity contribution in [2.45, 2.75) is 32.5 Å². The summed E-state index contributed by atoms with van der Waals surface area (Å²) in [7, 11) is 1.42. The van der Waals surface area contributed by atoms with Gasteiger partial charge in [-0.05, 0) is 42.5 Å². The Kier molecular flexibility index (Phi) is 9.33. The number of carbonyl (C=O) groups is 2. The molecule has 2 aromatic heterocycles. The molecule has 11 nitrogen and oxygen atoms in total. The first-order chi connectivity index (χ1) is 22.3. The number of methoxy groups -OCH3 is 1.